The van der Waals surface area contributed by atoms with Crippen molar-refractivity contribution in [3.63, 3.8) is 0 Å². The molecule has 2 aromatic carbocycles. The number of rotatable bonds is 6. The lowest BCUT2D eigenvalue weighted by Crippen LogP contribution is -2.42. The number of amides is 1. The van der Waals surface area contributed by atoms with Crippen LogP contribution < -0.4 is 20.5 Å². The van der Waals surface area contributed by atoms with E-state index in [1.165, 1.54) is 12.8 Å². The Kier molecular flexibility index (Phi) is 4.63. The molecule has 1 heterocycles. The number of hydrogen-bond donors (Lipinski definition) is 2. The SMILES string of the molecule is NC(=O)C1(CCCNC2CC2)c2ccccc2-c2ccc3c(c21)OC(=O)/C=C\C(=O)O3. The average molecular weight is 418 g/mol. The maximum Gasteiger partial charge on any atom is 0.336 e. The summed E-state index contributed by atoms with van der Waals surface area (Å²) in [5.74, 6) is -1.76. The van der Waals surface area contributed by atoms with Crippen LogP contribution in [0, 0.1) is 0 Å². The zero-order valence-corrected chi connectivity index (χ0v) is 16.9. The molecule has 2 aliphatic carbocycles. The summed E-state index contributed by atoms with van der Waals surface area (Å²) in [6, 6.07) is 11.5. The highest BCUT2D eigenvalue weighted by Gasteiger charge is 2.50. The molecule has 158 valence electrons. The molecule has 0 aromatic heterocycles. The van der Waals surface area contributed by atoms with E-state index in [4.69, 9.17) is 15.2 Å². The summed E-state index contributed by atoms with van der Waals surface area (Å²) in [7, 11) is 0. The molecule has 1 unspecified atom stereocenters. The third-order valence-corrected chi connectivity index (χ3v) is 6.15. The van der Waals surface area contributed by atoms with Crippen LogP contribution in [0.2, 0.25) is 0 Å². The van der Waals surface area contributed by atoms with E-state index in [1.54, 1.807) is 12.1 Å². The number of fused-ring (bicyclic) bond motifs is 5. The summed E-state index contributed by atoms with van der Waals surface area (Å²) in [6.45, 7) is 0.754. The quantitative estimate of drug-likeness (QED) is 0.424. The minimum atomic E-state index is -1.20. The van der Waals surface area contributed by atoms with Crippen molar-refractivity contribution in [2.45, 2.75) is 37.1 Å². The van der Waals surface area contributed by atoms with Gasteiger partial charge >= 0.3 is 11.9 Å². The van der Waals surface area contributed by atoms with Crippen molar-refractivity contribution in [2.75, 3.05) is 6.54 Å². The Balaban J connectivity index is 1.67. The fourth-order valence-corrected chi connectivity index (χ4v) is 4.62. The third kappa shape index (κ3) is 3.21. The molecule has 0 saturated heterocycles. The van der Waals surface area contributed by atoms with Crippen LogP contribution >= 0.6 is 0 Å². The summed E-state index contributed by atoms with van der Waals surface area (Å²) in [5.41, 5.74) is 7.73. The van der Waals surface area contributed by atoms with Crippen LogP contribution in [0.1, 0.15) is 36.8 Å². The Bertz CT molecular complexity index is 1130. The summed E-state index contributed by atoms with van der Waals surface area (Å²) < 4.78 is 11.0. The van der Waals surface area contributed by atoms with Crippen LogP contribution in [0.3, 0.4) is 0 Å². The lowest BCUT2D eigenvalue weighted by atomic mass is 9.73. The predicted octanol–water partition coefficient (Wildman–Crippen LogP) is 2.35. The molecule has 3 N–H and O–H groups in total. The molecule has 1 saturated carbocycles. The fraction of sp³-hybridized carbons (Fsp3) is 0.292. The zero-order valence-electron chi connectivity index (χ0n) is 16.9. The van der Waals surface area contributed by atoms with Gasteiger partial charge in [0.05, 0.1) is 0 Å². The van der Waals surface area contributed by atoms with Crippen molar-refractivity contribution in [3.05, 3.63) is 59.7 Å². The number of ether oxygens (including phenoxy) is 2. The Morgan fingerprint density at radius 1 is 1.03 bits per heavy atom. The highest BCUT2D eigenvalue weighted by molar-refractivity contribution is 6.03. The summed E-state index contributed by atoms with van der Waals surface area (Å²) in [5, 5.41) is 3.46. The topological polar surface area (TPSA) is 108 Å². The molecule has 1 amide bonds. The molecule has 5 rings (SSSR count). The minimum absolute atomic E-state index is 0.0744. The van der Waals surface area contributed by atoms with Crippen molar-refractivity contribution < 1.29 is 23.9 Å². The molecular weight excluding hydrogens is 396 g/mol. The number of hydrogen-bond acceptors (Lipinski definition) is 6. The van der Waals surface area contributed by atoms with Gasteiger partial charge in [-0.25, -0.2) is 9.59 Å². The second kappa shape index (κ2) is 7.35. The Morgan fingerprint density at radius 3 is 2.52 bits per heavy atom. The van der Waals surface area contributed by atoms with Gasteiger partial charge in [-0.2, -0.15) is 0 Å². The lowest BCUT2D eigenvalue weighted by Gasteiger charge is -2.30. The van der Waals surface area contributed by atoms with Crippen molar-refractivity contribution in [1.29, 1.82) is 0 Å². The largest absolute Gasteiger partial charge is 0.419 e. The van der Waals surface area contributed by atoms with Gasteiger partial charge in [-0.1, -0.05) is 30.3 Å². The minimum Gasteiger partial charge on any atom is -0.419 e. The average Bonchev–Trinajstić information content (AvgIpc) is 3.52. The molecule has 7 heteroatoms. The van der Waals surface area contributed by atoms with Crippen LogP contribution in [0.25, 0.3) is 11.1 Å². The van der Waals surface area contributed by atoms with E-state index in [1.807, 2.05) is 24.3 Å². The molecule has 1 fully saturated rings. The lowest BCUT2D eigenvalue weighted by molar-refractivity contribution is -0.133. The number of carbonyl (C=O) groups excluding carboxylic acids is 3. The van der Waals surface area contributed by atoms with E-state index in [-0.39, 0.29) is 11.5 Å². The standard InChI is InChI=1S/C24H22N2O5/c25-23(29)24(12-3-13-26-14-6-7-14)17-5-2-1-4-15(17)16-8-9-18-22(21(16)24)31-20(28)11-10-19(27)30-18/h1-2,4-5,8-11,14,26H,3,6-7,12-13H2,(H2,25,29)/b11-10-. The van der Waals surface area contributed by atoms with E-state index in [9.17, 15) is 14.4 Å². The van der Waals surface area contributed by atoms with Gasteiger partial charge in [0.25, 0.3) is 0 Å². The molecule has 2 aromatic rings. The van der Waals surface area contributed by atoms with Crippen LogP contribution in [0.5, 0.6) is 11.5 Å². The third-order valence-electron chi connectivity index (χ3n) is 6.15. The second-order valence-electron chi connectivity index (χ2n) is 8.14. The van der Waals surface area contributed by atoms with Crippen molar-refractivity contribution in [2.24, 2.45) is 5.73 Å². The van der Waals surface area contributed by atoms with Gasteiger partial charge in [-0.3, -0.25) is 4.79 Å². The van der Waals surface area contributed by atoms with Crippen LogP contribution in [0.4, 0.5) is 0 Å². The van der Waals surface area contributed by atoms with E-state index in [0.29, 0.717) is 24.4 Å². The Hall–Kier alpha value is -3.45. The predicted molar refractivity (Wildman–Crippen MR) is 113 cm³/mol. The van der Waals surface area contributed by atoms with Gasteiger partial charge in [-0.15, -0.1) is 0 Å². The number of carbonyl (C=O) groups is 3. The summed E-state index contributed by atoms with van der Waals surface area (Å²) in [6.07, 6.45) is 5.51. The number of nitrogens with one attached hydrogen (secondary N) is 1. The van der Waals surface area contributed by atoms with Gasteiger partial charge in [0.15, 0.2) is 11.5 Å². The highest BCUT2D eigenvalue weighted by Crippen LogP contribution is 2.57. The first-order valence-corrected chi connectivity index (χ1v) is 10.4. The van der Waals surface area contributed by atoms with Crippen molar-refractivity contribution in [3.8, 4) is 22.6 Å². The number of esters is 2. The van der Waals surface area contributed by atoms with Gasteiger partial charge in [0.1, 0.15) is 5.41 Å². The van der Waals surface area contributed by atoms with Crippen LogP contribution in [-0.2, 0) is 19.8 Å². The Labute approximate surface area is 179 Å². The number of primary amides is 1. The first-order chi connectivity index (χ1) is 15.0. The Morgan fingerprint density at radius 2 is 1.77 bits per heavy atom. The molecule has 0 bridgehead atoms. The molecule has 0 radical (unpaired) electrons. The maximum atomic E-state index is 13.1. The van der Waals surface area contributed by atoms with Gasteiger partial charge < -0.3 is 20.5 Å². The van der Waals surface area contributed by atoms with Crippen LogP contribution in [-0.4, -0.2) is 30.4 Å². The maximum absolute atomic E-state index is 13.1. The molecule has 3 aliphatic rings. The molecule has 31 heavy (non-hydrogen) atoms. The number of nitrogens with two attached hydrogens (primary N) is 1. The molecule has 7 nitrogen and oxygen atoms in total. The number of benzene rings is 2. The van der Waals surface area contributed by atoms with E-state index in [0.717, 1.165) is 35.4 Å². The fourth-order valence-electron chi connectivity index (χ4n) is 4.62. The van der Waals surface area contributed by atoms with Gasteiger partial charge in [-0.05, 0) is 55.0 Å². The van der Waals surface area contributed by atoms with E-state index < -0.39 is 23.3 Å². The molecule has 0 spiro atoms. The smallest absolute Gasteiger partial charge is 0.336 e. The monoisotopic (exact) mass is 418 g/mol. The highest BCUT2D eigenvalue weighted by atomic mass is 16.6. The normalized spacial score (nSPS) is 22.3. The summed E-state index contributed by atoms with van der Waals surface area (Å²) >= 11 is 0. The molecule has 1 aliphatic heterocycles. The second-order valence-corrected chi connectivity index (χ2v) is 8.14. The first kappa shape index (κ1) is 19.5. The first-order valence-electron chi connectivity index (χ1n) is 10.4. The van der Waals surface area contributed by atoms with Gasteiger partial charge in [0, 0.05) is 23.8 Å². The molecule has 1 atom stereocenters. The zero-order chi connectivity index (χ0) is 21.6. The van der Waals surface area contributed by atoms with Crippen molar-refractivity contribution in [1.82, 2.24) is 5.32 Å². The molecular formula is C24H22N2O5. The van der Waals surface area contributed by atoms with Crippen LogP contribution in [0.15, 0.2) is 48.6 Å². The van der Waals surface area contributed by atoms with E-state index in [2.05, 4.69) is 5.32 Å². The van der Waals surface area contributed by atoms with Gasteiger partial charge in [0.2, 0.25) is 5.91 Å². The van der Waals surface area contributed by atoms with E-state index >= 15 is 0 Å². The summed E-state index contributed by atoms with van der Waals surface area (Å²) in [4.78, 5) is 37.4. The van der Waals surface area contributed by atoms with Crippen molar-refractivity contribution >= 4 is 17.8 Å².